The van der Waals surface area contributed by atoms with Crippen LogP contribution in [0.1, 0.15) is 15.9 Å². The monoisotopic (exact) mass is 620 g/mol. The highest BCUT2D eigenvalue weighted by atomic mass is 79.9. The van der Waals surface area contributed by atoms with Crippen molar-refractivity contribution in [2.45, 2.75) is 21.1 Å². The van der Waals surface area contributed by atoms with Crippen molar-refractivity contribution in [1.82, 2.24) is 9.62 Å². The van der Waals surface area contributed by atoms with E-state index < -0.39 is 10.0 Å². The lowest BCUT2D eigenvalue weighted by molar-refractivity contribution is 0.0730. The molecule has 1 amide bonds. The van der Waals surface area contributed by atoms with Crippen LogP contribution < -0.4 is 14.8 Å². The molecule has 1 fully saturated rings. The van der Waals surface area contributed by atoms with E-state index >= 15 is 0 Å². The maximum atomic E-state index is 13.4. The van der Waals surface area contributed by atoms with Gasteiger partial charge in [0, 0.05) is 33.9 Å². The fourth-order valence-electron chi connectivity index (χ4n) is 3.95. The van der Waals surface area contributed by atoms with Gasteiger partial charge in [-0.25, -0.2) is 8.42 Å². The Hall–Kier alpha value is -2.57. The minimum atomic E-state index is -3.76. The molecule has 1 N–H and O–H groups in total. The van der Waals surface area contributed by atoms with Gasteiger partial charge in [-0.3, -0.25) is 4.79 Å². The van der Waals surface area contributed by atoms with Crippen LogP contribution in [-0.4, -0.2) is 65.7 Å². The summed E-state index contributed by atoms with van der Waals surface area (Å²) in [6.07, 6.45) is 0.563. The first kappa shape index (κ1) is 28.4. The maximum Gasteiger partial charge on any atom is 0.252 e. The normalized spacial score (nSPS) is 14.2. The molecule has 0 saturated carbocycles. The van der Waals surface area contributed by atoms with Gasteiger partial charge in [-0.2, -0.15) is 4.31 Å². The van der Waals surface area contributed by atoms with Crippen LogP contribution >= 0.6 is 27.7 Å². The van der Waals surface area contributed by atoms with Crippen molar-refractivity contribution in [1.29, 1.82) is 0 Å². The topological polar surface area (TPSA) is 94.2 Å². The molecule has 38 heavy (non-hydrogen) atoms. The van der Waals surface area contributed by atoms with E-state index in [1.54, 1.807) is 26.4 Å². The van der Waals surface area contributed by atoms with Crippen LogP contribution in [0.4, 0.5) is 0 Å². The van der Waals surface area contributed by atoms with Gasteiger partial charge in [0.25, 0.3) is 5.91 Å². The lowest BCUT2D eigenvalue weighted by Crippen LogP contribution is -2.40. The van der Waals surface area contributed by atoms with Crippen LogP contribution in [0.5, 0.6) is 11.5 Å². The van der Waals surface area contributed by atoms with Crippen molar-refractivity contribution in [3.63, 3.8) is 0 Å². The van der Waals surface area contributed by atoms with Crippen LogP contribution in [0.3, 0.4) is 0 Å². The molecule has 4 rings (SSSR count). The fraction of sp³-hybridized carbons (Fsp3) is 0.296. The van der Waals surface area contributed by atoms with Gasteiger partial charge in [-0.05, 0) is 66.6 Å². The molecule has 0 aromatic heterocycles. The molecule has 0 atom stereocenters. The largest absolute Gasteiger partial charge is 0.493 e. The summed E-state index contributed by atoms with van der Waals surface area (Å²) >= 11 is 4.84. The number of carbonyl (C=O) groups is 1. The second kappa shape index (κ2) is 13.0. The molecule has 3 aromatic carbocycles. The summed E-state index contributed by atoms with van der Waals surface area (Å²) in [5.41, 5.74) is 1.27. The Morgan fingerprint density at radius 2 is 1.71 bits per heavy atom. The van der Waals surface area contributed by atoms with Crippen molar-refractivity contribution in [2.24, 2.45) is 0 Å². The SMILES string of the molecule is COc1ccc(CCNC(=O)c2cc(S(=O)(=O)N3CCOCC3)ccc2Sc2ccc(Br)cc2)cc1OC. The van der Waals surface area contributed by atoms with Gasteiger partial charge in [0.15, 0.2) is 11.5 Å². The Kier molecular flexibility index (Phi) is 9.72. The van der Waals surface area contributed by atoms with Crippen LogP contribution in [-0.2, 0) is 21.2 Å². The first-order valence-corrected chi connectivity index (χ1v) is 15.0. The summed E-state index contributed by atoms with van der Waals surface area (Å²) in [5.74, 6) is 0.905. The minimum absolute atomic E-state index is 0.0876. The summed E-state index contributed by atoms with van der Waals surface area (Å²) < 4.78 is 44.9. The highest BCUT2D eigenvalue weighted by molar-refractivity contribution is 9.10. The van der Waals surface area contributed by atoms with Gasteiger partial charge in [-0.15, -0.1) is 0 Å². The van der Waals surface area contributed by atoms with Crippen molar-refractivity contribution in [3.05, 3.63) is 76.3 Å². The number of hydrogen-bond acceptors (Lipinski definition) is 7. The van der Waals surface area contributed by atoms with E-state index in [1.165, 1.54) is 22.1 Å². The van der Waals surface area contributed by atoms with E-state index in [1.807, 2.05) is 42.5 Å². The number of nitrogens with zero attached hydrogens (tertiary/aromatic N) is 1. The minimum Gasteiger partial charge on any atom is -0.493 e. The molecule has 11 heteroatoms. The van der Waals surface area contributed by atoms with Crippen LogP contribution in [0.2, 0.25) is 0 Å². The standard InChI is InChI=1S/C27H29BrN2O6S2/c1-34-24-9-3-19(17-25(24)35-2)11-12-29-27(31)23-18-22(38(32,33)30-13-15-36-16-14-30)8-10-26(23)37-21-6-4-20(28)5-7-21/h3-10,17-18H,11-16H2,1-2H3,(H,29,31). The predicted molar refractivity (Wildman–Crippen MR) is 150 cm³/mol. The van der Waals surface area contributed by atoms with Crippen LogP contribution in [0.15, 0.2) is 79.8 Å². The van der Waals surface area contributed by atoms with Crippen LogP contribution in [0.25, 0.3) is 0 Å². The van der Waals surface area contributed by atoms with Gasteiger partial charge in [0.05, 0.1) is 37.9 Å². The molecule has 3 aromatic rings. The van der Waals surface area contributed by atoms with Gasteiger partial charge < -0.3 is 19.5 Å². The summed E-state index contributed by atoms with van der Waals surface area (Å²) in [5, 5.41) is 2.95. The Balaban J connectivity index is 1.56. The Morgan fingerprint density at radius 3 is 2.39 bits per heavy atom. The van der Waals surface area contributed by atoms with Crippen LogP contribution in [0, 0.1) is 0 Å². The zero-order valence-electron chi connectivity index (χ0n) is 21.1. The molecular formula is C27H29BrN2O6S2. The second-order valence-corrected chi connectivity index (χ2v) is 12.4. The average Bonchev–Trinajstić information content (AvgIpc) is 2.94. The zero-order valence-corrected chi connectivity index (χ0v) is 24.3. The number of hydrogen-bond donors (Lipinski definition) is 1. The Morgan fingerprint density at radius 1 is 1.00 bits per heavy atom. The van der Waals surface area contributed by atoms with E-state index in [-0.39, 0.29) is 23.9 Å². The van der Waals surface area contributed by atoms with Crippen molar-refractivity contribution < 1.29 is 27.4 Å². The number of ether oxygens (including phenoxy) is 3. The molecule has 1 heterocycles. The maximum absolute atomic E-state index is 13.4. The van der Waals surface area contributed by atoms with Crippen molar-refractivity contribution >= 4 is 43.6 Å². The number of benzene rings is 3. The second-order valence-electron chi connectivity index (χ2n) is 8.43. The molecule has 0 aliphatic carbocycles. The molecule has 1 saturated heterocycles. The molecule has 0 bridgehead atoms. The highest BCUT2D eigenvalue weighted by Crippen LogP contribution is 2.33. The van der Waals surface area contributed by atoms with E-state index in [4.69, 9.17) is 14.2 Å². The van der Waals surface area contributed by atoms with Crippen molar-refractivity contribution in [3.8, 4) is 11.5 Å². The first-order valence-electron chi connectivity index (χ1n) is 12.0. The summed E-state index contributed by atoms with van der Waals surface area (Å²) in [7, 11) is -0.605. The molecule has 0 spiro atoms. The quantitative estimate of drug-likeness (QED) is 0.354. The highest BCUT2D eigenvalue weighted by Gasteiger charge is 2.28. The number of methoxy groups -OCH3 is 2. The number of rotatable bonds is 10. The smallest absolute Gasteiger partial charge is 0.252 e. The predicted octanol–water partition coefficient (Wildman–Crippen LogP) is 4.61. The third-order valence-electron chi connectivity index (χ3n) is 5.99. The van der Waals surface area contributed by atoms with Gasteiger partial charge in [-0.1, -0.05) is 33.8 Å². The number of amides is 1. The number of sulfonamides is 1. The zero-order chi connectivity index (χ0) is 27.1. The number of carbonyl (C=O) groups excluding carboxylic acids is 1. The van der Waals surface area contributed by atoms with E-state index in [0.29, 0.717) is 48.1 Å². The average molecular weight is 622 g/mol. The third kappa shape index (κ3) is 6.89. The third-order valence-corrected chi connectivity index (χ3v) is 9.50. The number of halogens is 1. The summed E-state index contributed by atoms with van der Waals surface area (Å²) in [6.45, 7) is 1.62. The van der Waals surface area contributed by atoms with Gasteiger partial charge in [0.2, 0.25) is 10.0 Å². The van der Waals surface area contributed by atoms with Gasteiger partial charge in [0.1, 0.15) is 0 Å². The molecule has 0 unspecified atom stereocenters. The molecular weight excluding hydrogens is 592 g/mol. The molecule has 1 aliphatic rings. The number of nitrogens with one attached hydrogen (secondary N) is 1. The molecule has 0 radical (unpaired) electrons. The van der Waals surface area contributed by atoms with E-state index in [9.17, 15) is 13.2 Å². The lowest BCUT2D eigenvalue weighted by atomic mass is 10.1. The lowest BCUT2D eigenvalue weighted by Gasteiger charge is -2.26. The van der Waals surface area contributed by atoms with Gasteiger partial charge >= 0.3 is 0 Å². The molecule has 202 valence electrons. The van der Waals surface area contributed by atoms with Crippen molar-refractivity contribution in [2.75, 3.05) is 47.1 Å². The van der Waals surface area contributed by atoms with E-state index in [2.05, 4.69) is 21.2 Å². The Labute approximate surface area is 235 Å². The fourth-order valence-corrected chi connectivity index (χ4v) is 6.58. The number of morpholine rings is 1. The Bertz CT molecular complexity index is 1380. The molecule has 8 nitrogen and oxygen atoms in total. The first-order chi connectivity index (χ1) is 18.3. The van der Waals surface area contributed by atoms with E-state index in [0.717, 1.165) is 14.9 Å². The molecule has 1 aliphatic heterocycles. The summed E-state index contributed by atoms with van der Waals surface area (Å²) in [6, 6.07) is 18.0. The summed E-state index contributed by atoms with van der Waals surface area (Å²) in [4.78, 5) is 15.1.